The second-order valence-corrected chi connectivity index (χ2v) is 7.29. The molecule has 1 heterocycles. The SMILES string of the molecule is CC(C[C@@H](C=O)N(C)C)NC(=O)C(C)COC1C[C@@H](O)CC(O)(CO)O1. The van der Waals surface area contributed by atoms with Crippen LogP contribution in [0.4, 0.5) is 0 Å². The van der Waals surface area contributed by atoms with Gasteiger partial charge < -0.3 is 34.9 Å². The summed E-state index contributed by atoms with van der Waals surface area (Å²) in [7, 11) is 3.60. The lowest BCUT2D eigenvalue weighted by molar-refractivity contribution is -0.338. The molecule has 0 aromatic heterocycles. The predicted molar refractivity (Wildman–Crippen MR) is 93.0 cm³/mol. The van der Waals surface area contributed by atoms with Crippen molar-refractivity contribution in [3.05, 3.63) is 0 Å². The highest BCUT2D eigenvalue weighted by molar-refractivity contribution is 5.78. The minimum atomic E-state index is -1.83. The molecular formula is C17H32N2O7. The van der Waals surface area contributed by atoms with Crippen LogP contribution in [0.3, 0.4) is 0 Å². The summed E-state index contributed by atoms with van der Waals surface area (Å²) < 4.78 is 10.7. The fourth-order valence-corrected chi connectivity index (χ4v) is 2.74. The molecule has 0 saturated carbocycles. The third-order valence-corrected chi connectivity index (χ3v) is 4.40. The molecule has 1 saturated heterocycles. The summed E-state index contributed by atoms with van der Waals surface area (Å²) in [6, 6.07) is -0.458. The summed E-state index contributed by atoms with van der Waals surface area (Å²) in [5, 5.41) is 31.7. The molecule has 1 fully saturated rings. The van der Waals surface area contributed by atoms with Gasteiger partial charge in [0.05, 0.1) is 31.3 Å². The average Bonchev–Trinajstić information content (AvgIpc) is 2.56. The van der Waals surface area contributed by atoms with Crippen molar-refractivity contribution < 1.29 is 34.4 Å². The average molecular weight is 376 g/mol. The Morgan fingerprint density at radius 1 is 1.46 bits per heavy atom. The van der Waals surface area contributed by atoms with Crippen LogP contribution >= 0.6 is 0 Å². The number of hydrogen-bond acceptors (Lipinski definition) is 8. The van der Waals surface area contributed by atoms with Crippen molar-refractivity contribution in [1.29, 1.82) is 0 Å². The van der Waals surface area contributed by atoms with Crippen LogP contribution in [0.5, 0.6) is 0 Å². The number of nitrogens with one attached hydrogen (secondary N) is 1. The normalized spacial score (nSPS) is 29.8. The van der Waals surface area contributed by atoms with Gasteiger partial charge in [-0.05, 0) is 27.4 Å². The predicted octanol–water partition coefficient (Wildman–Crippen LogP) is -1.16. The molecule has 0 aromatic carbocycles. The first kappa shape index (κ1) is 22.9. The van der Waals surface area contributed by atoms with Crippen LogP contribution in [0.2, 0.25) is 0 Å². The Morgan fingerprint density at radius 2 is 2.12 bits per heavy atom. The molecule has 4 N–H and O–H groups in total. The van der Waals surface area contributed by atoms with E-state index in [1.165, 1.54) is 0 Å². The highest BCUT2D eigenvalue weighted by atomic mass is 16.7. The van der Waals surface area contributed by atoms with Gasteiger partial charge in [0.25, 0.3) is 0 Å². The van der Waals surface area contributed by atoms with Gasteiger partial charge in [0.2, 0.25) is 5.91 Å². The standard InChI is InChI=1S/C17H32N2O7/c1-11(16(23)18-12(2)5-13(8-20)19(3)4)9-25-15-6-14(22)7-17(24,10-21)26-15/h8,11-15,21-22,24H,5-7,9-10H2,1-4H3,(H,18,23)/t11?,12?,13-,14+,15?,17?/m0/s1. The van der Waals surface area contributed by atoms with Crippen molar-refractivity contribution >= 4 is 12.2 Å². The maximum atomic E-state index is 12.2. The lowest BCUT2D eigenvalue weighted by Gasteiger charge is -2.38. The molecular weight excluding hydrogens is 344 g/mol. The number of aliphatic hydroxyl groups excluding tert-OH is 2. The molecule has 1 amide bonds. The molecule has 0 aromatic rings. The first-order valence-electron chi connectivity index (χ1n) is 8.83. The van der Waals surface area contributed by atoms with Gasteiger partial charge in [0.1, 0.15) is 6.29 Å². The fourth-order valence-electron chi connectivity index (χ4n) is 2.74. The molecule has 9 heteroatoms. The highest BCUT2D eigenvalue weighted by Gasteiger charge is 2.40. The summed E-state index contributed by atoms with van der Waals surface area (Å²) in [6.07, 6.45) is -0.365. The van der Waals surface area contributed by atoms with Crippen molar-refractivity contribution in [2.45, 2.75) is 63.4 Å². The molecule has 0 bridgehead atoms. The molecule has 1 aliphatic rings. The number of likely N-dealkylation sites (N-methyl/N-ethyl adjacent to an activating group) is 1. The van der Waals surface area contributed by atoms with Crippen LogP contribution in [0.1, 0.15) is 33.1 Å². The van der Waals surface area contributed by atoms with E-state index in [0.29, 0.717) is 6.42 Å². The summed E-state index contributed by atoms with van der Waals surface area (Å²) in [5.74, 6) is -2.55. The Hall–Kier alpha value is -1.10. The molecule has 152 valence electrons. The van der Waals surface area contributed by atoms with Gasteiger partial charge in [0, 0.05) is 18.9 Å². The Bertz CT molecular complexity index is 462. The largest absolute Gasteiger partial charge is 0.393 e. The van der Waals surface area contributed by atoms with E-state index in [-0.39, 0.29) is 37.4 Å². The molecule has 0 radical (unpaired) electrons. The number of amides is 1. The van der Waals surface area contributed by atoms with Crippen LogP contribution in [0.15, 0.2) is 0 Å². The first-order valence-corrected chi connectivity index (χ1v) is 8.83. The van der Waals surface area contributed by atoms with E-state index in [0.717, 1.165) is 6.29 Å². The van der Waals surface area contributed by atoms with Crippen LogP contribution in [0.25, 0.3) is 0 Å². The number of hydrogen-bond donors (Lipinski definition) is 4. The van der Waals surface area contributed by atoms with Gasteiger partial charge in [-0.15, -0.1) is 0 Å². The monoisotopic (exact) mass is 376 g/mol. The van der Waals surface area contributed by atoms with Gasteiger partial charge in [-0.1, -0.05) is 6.92 Å². The van der Waals surface area contributed by atoms with E-state index in [4.69, 9.17) is 14.6 Å². The van der Waals surface area contributed by atoms with E-state index in [9.17, 15) is 19.8 Å². The zero-order valence-electron chi connectivity index (χ0n) is 15.9. The maximum Gasteiger partial charge on any atom is 0.225 e. The van der Waals surface area contributed by atoms with Gasteiger partial charge in [-0.2, -0.15) is 0 Å². The maximum absolute atomic E-state index is 12.2. The Kier molecular flexibility index (Phi) is 9.08. The van der Waals surface area contributed by atoms with Crippen molar-refractivity contribution in [2.75, 3.05) is 27.3 Å². The van der Waals surface area contributed by atoms with Crippen LogP contribution in [-0.2, 0) is 19.1 Å². The second-order valence-electron chi connectivity index (χ2n) is 7.29. The second kappa shape index (κ2) is 10.3. The van der Waals surface area contributed by atoms with Crippen molar-refractivity contribution in [2.24, 2.45) is 5.92 Å². The van der Waals surface area contributed by atoms with E-state index in [1.807, 2.05) is 6.92 Å². The summed E-state index contributed by atoms with van der Waals surface area (Å²) in [6.45, 7) is 2.89. The van der Waals surface area contributed by atoms with E-state index >= 15 is 0 Å². The van der Waals surface area contributed by atoms with Crippen molar-refractivity contribution in [1.82, 2.24) is 10.2 Å². The molecule has 1 rings (SSSR count). The van der Waals surface area contributed by atoms with E-state index in [2.05, 4.69) is 5.32 Å². The molecule has 4 unspecified atom stereocenters. The number of ether oxygens (including phenoxy) is 2. The fraction of sp³-hybridized carbons (Fsp3) is 0.882. The Morgan fingerprint density at radius 3 is 2.65 bits per heavy atom. The molecule has 9 nitrogen and oxygen atoms in total. The first-order chi connectivity index (χ1) is 12.1. The van der Waals surface area contributed by atoms with E-state index in [1.54, 1.807) is 25.9 Å². The third-order valence-electron chi connectivity index (χ3n) is 4.40. The zero-order chi connectivity index (χ0) is 19.9. The van der Waals surface area contributed by atoms with Gasteiger partial charge in [0.15, 0.2) is 12.1 Å². The molecule has 1 aliphatic heterocycles. The number of carbonyl (C=O) groups excluding carboxylic acids is 2. The highest BCUT2D eigenvalue weighted by Crippen LogP contribution is 2.27. The summed E-state index contributed by atoms with van der Waals surface area (Å²) in [5.41, 5.74) is 0. The number of aliphatic hydroxyl groups is 3. The molecule has 26 heavy (non-hydrogen) atoms. The molecule has 0 aliphatic carbocycles. The number of rotatable bonds is 10. The van der Waals surface area contributed by atoms with Crippen molar-refractivity contribution in [3.63, 3.8) is 0 Å². The number of carbonyl (C=O) groups is 2. The van der Waals surface area contributed by atoms with Crippen LogP contribution in [-0.4, -0.2) is 90.0 Å². The van der Waals surface area contributed by atoms with Crippen LogP contribution < -0.4 is 5.32 Å². The van der Waals surface area contributed by atoms with E-state index < -0.39 is 30.7 Å². The number of aldehydes is 1. The van der Waals surface area contributed by atoms with Gasteiger partial charge >= 0.3 is 0 Å². The summed E-state index contributed by atoms with van der Waals surface area (Å²) >= 11 is 0. The minimum absolute atomic E-state index is 0.0300. The van der Waals surface area contributed by atoms with Crippen LogP contribution in [0, 0.1) is 5.92 Å². The van der Waals surface area contributed by atoms with Crippen molar-refractivity contribution in [3.8, 4) is 0 Å². The third kappa shape index (κ3) is 7.26. The summed E-state index contributed by atoms with van der Waals surface area (Å²) in [4.78, 5) is 25.1. The lowest BCUT2D eigenvalue weighted by atomic mass is 10.0. The lowest BCUT2D eigenvalue weighted by Crippen LogP contribution is -2.50. The quantitative estimate of drug-likeness (QED) is 0.352. The van der Waals surface area contributed by atoms with Gasteiger partial charge in [-0.25, -0.2) is 0 Å². The molecule has 0 spiro atoms. The zero-order valence-corrected chi connectivity index (χ0v) is 15.9. The topological polar surface area (TPSA) is 129 Å². The number of nitrogens with zero attached hydrogens (tertiary/aromatic N) is 1. The smallest absolute Gasteiger partial charge is 0.225 e. The Balaban J connectivity index is 2.43. The molecule has 6 atom stereocenters. The Labute approximate surface area is 154 Å². The van der Waals surface area contributed by atoms with Gasteiger partial charge in [-0.3, -0.25) is 9.69 Å². The minimum Gasteiger partial charge on any atom is -0.393 e.